The molecule has 86 valence electrons. The summed E-state index contributed by atoms with van der Waals surface area (Å²) in [7, 11) is 0. The second-order valence-electron chi connectivity index (χ2n) is 4.18. The first-order valence-electron chi connectivity index (χ1n) is 4.93. The summed E-state index contributed by atoms with van der Waals surface area (Å²) < 4.78 is 42.9. The number of hydrogen-bond acceptors (Lipinski definition) is 1. The fraction of sp³-hybridized carbons (Fsp3) is 1.00. The van der Waals surface area contributed by atoms with Crippen molar-refractivity contribution in [2.75, 3.05) is 6.61 Å². The van der Waals surface area contributed by atoms with Gasteiger partial charge in [0, 0.05) is 6.61 Å². The Kier molecular flexibility index (Phi) is 4.92. The Balaban J connectivity index is 4.50. The van der Waals surface area contributed by atoms with E-state index in [2.05, 4.69) is 0 Å². The third-order valence-electron chi connectivity index (χ3n) is 2.02. The molecule has 0 aromatic heterocycles. The van der Waals surface area contributed by atoms with E-state index in [0.29, 0.717) is 6.42 Å². The monoisotopic (exact) mass is 212 g/mol. The molecule has 0 aliphatic carbocycles. The predicted octanol–water partition coefficient (Wildman–Crippen LogP) is 3.78. The van der Waals surface area contributed by atoms with Gasteiger partial charge in [0.1, 0.15) is 0 Å². The van der Waals surface area contributed by atoms with Gasteiger partial charge in [-0.2, -0.15) is 13.2 Å². The van der Waals surface area contributed by atoms with Crippen molar-refractivity contribution in [3.63, 3.8) is 0 Å². The van der Waals surface area contributed by atoms with Crippen LogP contribution in [0.5, 0.6) is 0 Å². The smallest absolute Gasteiger partial charge is 0.366 e. The van der Waals surface area contributed by atoms with Gasteiger partial charge in [-0.25, -0.2) is 0 Å². The normalized spacial score (nSPS) is 17.1. The van der Waals surface area contributed by atoms with Gasteiger partial charge in [-0.3, -0.25) is 0 Å². The molecule has 0 saturated carbocycles. The molecule has 0 bridgehead atoms. The summed E-state index contributed by atoms with van der Waals surface area (Å²) in [6.45, 7) is 6.61. The van der Waals surface area contributed by atoms with Crippen LogP contribution in [0.1, 0.15) is 40.5 Å². The van der Waals surface area contributed by atoms with Crippen LogP contribution in [0.3, 0.4) is 0 Å². The lowest BCUT2D eigenvalue weighted by molar-refractivity contribution is -0.276. The summed E-state index contributed by atoms with van der Waals surface area (Å²) in [6, 6.07) is 0. The van der Waals surface area contributed by atoms with E-state index in [0.717, 1.165) is 6.92 Å². The predicted molar refractivity (Wildman–Crippen MR) is 50.2 cm³/mol. The van der Waals surface area contributed by atoms with Crippen molar-refractivity contribution < 1.29 is 17.9 Å². The van der Waals surface area contributed by atoms with Gasteiger partial charge in [0.15, 0.2) is 5.60 Å². The van der Waals surface area contributed by atoms with Crippen molar-refractivity contribution in [3.8, 4) is 0 Å². The standard InChI is InChI=1S/C10H19F3O/c1-5-6-14-9(4,7-8(2)3)10(11,12)13/h8H,5-7H2,1-4H3. The molecule has 0 fully saturated rings. The molecular formula is C10H19F3O. The highest BCUT2D eigenvalue weighted by atomic mass is 19.4. The summed E-state index contributed by atoms with van der Waals surface area (Å²) in [4.78, 5) is 0. The average molecular weight is 212 g/mol. The van der Waals surface area contributed by atoms with E-state index in [1.54, 1.807) is 20.8 Å². The van der Waals surface area contributed by atoms with Crippen molar-refractivity contribution >= 4 is 0 Å². The highest BCUT2D eigenvalue weighted by Gasteiger charge is 2.52. The van der Waals surface area contributed by atoms with E-state index >= 15 is 0 Å². The first-order valence-corrected chi connectivity index (χ1v) is 4.93. The average Bonchev–Trinajstić information content (AvgIpc) is 1.97. The maximum Gasteiger partial charge on any atom is 0.417 e. The van der Waals surface area contributed by atoms with Crippen molar-refractivity contribution in [2.45, 2.75) is 52.3 Å². The Morgan fingerprint density at radius 1 is 1.21 bits per heavy atom. The van der Waals surface area contributed by atoms with E-state index < -0.39 is 11.8 Å². The van der Waals surface area contributed by atoms with E-state index in [-0.39, 0.29) is 18.9 Å². The molecule has 0 amide bonds. The molecule has 0 heterocycles. The van der Waals surface area contributed by atoms with Crippen molar-refractivity contribution in [1.29, 1.82) is 0 Å². The first kappa shape index (κ1) is 13.8. The molecule has 1 nitrogen and oxygen atoms in total. The van der Waals surface area contributed by atoms with Crippen LogP contribution in [0.2, 0.25) is 0 Å². The van der Waals surface area contributed by atoms with E-state index in [4.69, 9.17) is 4.74 Å². The molecule has 0 rings (SSSR count). The minimum atomic E-state index is -4.29. The lowest BCUT2D eigenvalue weighted by atomic mass is 9.93. The van der Waals surface area contributed by atoms with E-state index in [1.165, 1.54) is 0 Å². The van der Waals surface area contributed by atoms with Gasteiger partial charge in [-0.15, -0.1) is 0 Å². The van der Waals surface area contributed by atoms with Crippen molar-refractivity contribution in [1.82, 2.24) is 0 Å². The number of alkyl halides is 3. The summed E-state index contributed by atoms with van der Waals surface area (Å²) >= 11 is 0. The molecule has 0 N–H and O–H groups in total. The summed E-state index contributed by atoms with van der Waals surface area (Å²) in [5.41, 5.74) is -1.99. The van der Waals surface area contributed by atoms with Crippen LogP contribution in [-0.2, 0) is 4.74 Å². The van der Waals surface area contributed by atoms with Crippen LogP contribution >= 0.6 is 0 Å². The van der Waals surface area contributed by atoms with Gasteiger partial charge in [0.2, 0.25) is 0 Å². The lowest BCUT2D eigenvalue weighted by Crippen LogP contribution is -2.46. The molecule has 0 aromatic carbocycles. The zero-order chi connectivity index (χ0) is 11.4. The quantitative estimate of drug-likeness (QED) is 0.673. The Morgan fingerprint density at radius 2 is 1.71 bits per heavy atom. The molecule has 14 heavy (non-hydrogen) atoms. The molecule has 0 aliphatic rings. The Morgan fingerprint density at radius 3 is 2.00 bits per heavy atom. The van der Waals surface area contributed by atoms with E-state index in [9.17, 15) is 13.2 Å². The van der Waals surface area contributed by atoms with Gasteiger partial charge in [0.05, 0.1) is 0 Å². The highest BCUT2D eigenvalue weighted by Crippen LogP contribution is 2.38. The third-order valence-corrected chi connectivity index (χ3v) is 2.02. The van der Waals surface area contributed by atoms with Gasteiger partial charge >= 0.3 is 6.18 Å². The topological polar surface area (TPSA) is 9.23 Å². The van der Waals surface area contributed by atoms with Crippen molar-refractivity contribution in [2.24, 2.45) is 5.92 Å². The molecule has 1 unspecified atom stereocenters. The van der Waals surface area contributed by atoms with Crippen LogP contribution in [-0.4, -0.2) is 18.4 Å². The fourth-order valence-corrected chi connectivity index (χ4v) is 1.36. The molecule has 0 aliphatic heterocycles. The van der Waals surface area contributed by atoms with Gasteiger partial charge in [-0.05, 0) is 25.7 Å². The number of ether oxygens (including phenoxy) is 1. The molecule has 0 aromatic rings. The van der Waals surface area contributed by atoms with Gasteiger partial charge in [-0.1, -0.05) is 20.8 Å². The second-order valence-corrected chi connectivity index (χ2v) is 4.18. The Hall–Kier alpha value is -0.250. The molecule has 1 atom stereocenters. The zero-order valence-corrected chi connectivity index (χ0v) is 9.24. The maximum atomic E-state index is 12.7. The summed E-state index contributed by atoms with van der Waals surface area (Å²) in [5.74, 6) is -0.0292. The molecule has 0 saturated heterocycles. The number of rotatable bonds is 5. The van der Waals surface area contributed by atoms with E-state index in [1.807, 2.05) is 0 Å². The molecule has 4 heteroatoms. The van der Waals surface area contributed by atoms with Gasteiger partial charge in [0.25, 0.3) is 0 Å². The minimum Gasteiger partial charge on any atom is -0.366 e. The summed E-state index contributed by atoms with van der Waals surface area (Å²) in [6.07, 6.45) is -3.67. The molecular weight excluding hydrogens is 193 g/mol. The maximum absolute atomic E-state index is 12.7. The SMILES string of the molecule is CCCOC(C)(CC(C)C)C(F)(F)F. The molecule has 0 radical (unpaired) electrons. The lowest BCUT2D eigenvalue weighted by Gasteiger charge is -2.33. The Bertz CT molecular complexity index is 165. The third kappa shape index (κ3) is 3.86. The molecule has 0 spiro atoms. The largest absolute Gasteiger partial charge is 0.417 e. The first-order chi connectivity index (χ1) is 6.23. The van der Waals surface area contributed by atoms with Crippen LogP contribution in [0.25, 0.3) is 0 Å². The number of halogens is 3. The van der Waals surface area contributed by atoms with Crippen LogP contribution in [0, 0.1) is 5.92 Å². The second kappa shape index (κ2) is 5.01. The highest BCUT2D eigenvalue weighted by molar-refractivity contribution is 4.84. The Labute approximate surface area is 83.6 Å². The fourth-order valence-electron chi connectivity index (χ4n) is 1.36. The van der Waals surface area contributed by atoms with Crippen molar-refractivity contribution in [3.05, 3.63) is 0 Å². The number of hydrogen-bond donors (Lipinski definition) is 0. The van der Waals surface area contributed by atoms with Crippen LogP contribution < -0.4 is 0 Å². The van der Waals surface area contributed by atoms with Crippen LogP contribution in [0.15, 0.2) is 0 Å². The minimum absolute atomic E-state index is 0.0104. The zero-order valence-electron chi connectivity index (χ0n) is 9.24. The van der Waals surface area contributed by atoms with Gasteiger partial charge < -0.3 is 4.74 Å². The van der Waals surface area contributed by atoms with Crippen LogP contribution in [0.4, 0.5) is 13.2 Å². The summed E-state index contributed by atoms with van der Waals surface area (Å²) in [5, 5.41) is 0.